The van der Waals surface area contributed by atoms with E-state index in [2.05, 4.69) is 33.4 Å². The summed E-state index contributed by atoms with van der Waals surface area (Å²) in [6.45, 7) is 2.73. The average molecular weight is 280 g/mol. The number of hydrogen-bond donors (Lipinski definition) is 1. The number of rotatable bonds is 4. The maximum absolute atomic E-state index is 8.97. The van der Waals surface area contributed by atoms with Crippen molar-refractivity contribution in [2.45, 2.75) is 45.2 Å². The molecule has 0 bridgehead atoms. The first-order valence-corrected chi connectivity index (χ1v) is 7.55. The molecule has 2 aromatic rings. The van der Waals surface area contributed by atoms with Gasteiger partial charge in [0.1, 0.15) is 0 Å². The largest absolute Gasteiger partial charge is 0.379 e. The standard InChI is InChI=1S/C17H20N4/c1-13-6-7-14(11-18)10-17(13)19-12-15-8-9-21(20-15)16-4-2-3-5-16/h6-10,16,19H,2-5,12H2,1H3. The van der Waals surface area contributed by atoms with Gasteiger partial charge in [-0.2, -0.15) is 10.4 Å². The molecule has 0 radical (unpaired) electrons. The highest BCUT2D eigenvalue weighted by Gasteiger charge is 2.17. The molecule has 4 heteroatoms. The minimum Gasteiger partial charge on any atom is -0.379 e. The van der Waals surface area contributed by atoms with Crippen LogP contribution < -0.4 is 5.32 Å². The van der Waals surface area contributed by atoms with Crippen molar-refractivity contribution in [2.75, 3.05) is 5.32 Å². The van der Waals surface area contributed by atoms with Crippen LogP contribution in [0.25, 0.3) is 0 Å². The minimum absolute atomic E-state index is 0.586. The second kappa shape index (κ2) is 6.01. The Morgan fingerprint density at radius 1 is 1.33 bits per heavy atom. The molecule has 1 fully saturated rings. The number of aromatic nitrogens is 2. The molecule has 0 amide bonds. The second-order valence-electron chi connectivity index (χ2n) is 5.72. The van der Waals surface area contributed by atoms with Crippen LogP contribution in [0.3, 0.4) is 0 Å². The molecule has 0 atom stereocenters. The number of aryl methyl sites for hydroxylation is 1. The van der Waals surface area contributed by atoms with Crippen molar-refractivity contribution < 1.29 is 0 Å². The van der Waals surface area contributed by atoms with E-state index in [0.29, 0.717) is 18.2 Å². The van der Waals surface area contributed by atoms with Crippen molar-refractivity contribution in [1.29, 1.82) is 5.26 Å². The van der Waals surface area contributed by atoms with Crippen molar-refractivity contribution in [3.05, 3.63) is 47.3 Å². The van der Waals surface area contributed by atoms with Crippen molar-refractivity contribution in [3.63, 3.8) is 0 Å². The molecule has 1 aliphatic rings. The normalized spacial score (nSPS) is 15.0. The van der Waals surface area contributed by atoms with E-state index >= 15 is 0 Å². The van der Waals surface area contributed by atoms with Gasteiger partial charge in [0.15, 0.2) is 0 Å². The fourth-order valence-corrected chi connectivity index (χ4v) is 2.91. The maximum atomic E-state index is 8.97. The van der Waals surface area contributed by atoms with Crippen molar-refractivity contribution in [1.82, 2.24) is 9.78 Å². The van der Waals surface area contributed by atoms with Crippen LogP contribution >= 0.6 is 0 Å². The molecule has 1 aliphatic carbocycles. The highest BCUT2D eigenvalue weighted by molar-refractivity contribution is 5.55. The summed E-state index contributed by atoms with van der Waals surface area (Å²) >= 11 is 0. The van der Waals surface area contributed by atoms with Gasteiger partial charge in [0.2, 0.25) is 0 Å². The number of benzene rings is 1. The van der Waals surface area contributed by atoms with Crippen molar-refractivity contribution >= 4 is 5.69 Å². The number of hydrogen-bond acceptors (Lipinski definition) is 3. The van der Waals surface area contributed by atoms with E-state index in [4.69, 9.17) is 5.26 Å². The van der Waals surface area contributed by atoms with Crippen LogP contribution in [0, 0.1) is 18.3 Å². The smallest absolute Gasteiger partial charge is 0.0992 e. The Bertz CT molecular complexity index is 660. The van der Waals surface area contributed by atoms with E-state index in [9.17, 15) is 0 Å². The molecule has 1 heterocycles. The molecule has 1 N–H and O–H groups in total. The molecular formula is C17H20N4. The van der Waals surface area contributed by atoms with Gasteiger partial charge in [-0.3, -0.25) is 4.68 Å². The molecule has 21 heavy (non-hydrogen) atoms. The summed E-state index contributed by atoms with van der Waals surface area (Å²) in [5.41, 5.74) is 3.87. The number of anilines is 1. The zero-order valence-corrected chi connectivity index (χ0v) is 12.3. The summed E-state index contributed by atoms with van der Waals surface area (Å²) in [6, 6.07) is 10.5. The highest BCUT2D eigenvalue weighted by Crippen LogP contribution is 2.28. The predicted octanol–water partition coefficient (Wildman–Crippen LogP) is 3.79. The number of nitrogens with zero attached hydrogens (tertiary/aromatic N) is 3. The lowest BCUT2D eigenvalue weighted by Gasteiger charge is -2.10. The molecule has 4 nitrogen and oxygen atoms in total. The third-order valence-corrected chi connectivity index (χ3v) is 4.19. The summed E-state index contributed by atoms with van der Waals surface area (Å²) in [4.78, 5) is 0. The number of nitrogens with one attached hydrogen (secondary N) is 1. The van der Waals surface area contributed by atoms with Crippen LogP contribution in [0.4, 0.5) is 5.69 Å². The molecular weight excluding hydrogens is 260 g/mol. The molecule has 1 saturated carbocycles. The topological polar surface area (TPSA) is 53.6 Å². The van der Waals surface area contributed by atoms with Crippen LogP contribution in [0.15, 0.2) is 30.5 Å². The van der Waals surface area contributed by atoms with Gasteiger partial charge in [0.25, 0.3) is 0 Å². The fourth-order valence-electron chi connectivity index (χ4n) is 2.91. The van der Waals surface area contributed by atoms with Crippen molar-refractivity contribution in [3.8, 4) is 6.07 Å². The Morgan fingerprint density at radius 2 is 2.14 bits per heavy atom. The molecule has 0 aliphatic heterocycles. The lowest BCUT2D eigenvalue weighted by atomic mass is 10.1. The van der Waals surface area contributed by atoms with E-state index in [1.807, 2.05) is 25.1 Å². The van der Waals surface area contributed by atoms with Crippen molar-refractivity contribution in [2.24, 2.45) is 0 Å². The molecule has 0 unspecified atom stereocenters. The molecule has 1 aromatic heterocycles. The average Bonchev–Trinajstić information content (AvgIpc) is 3.17. The van der Waals surface area contributed by atoms with Crippen LogP contribution in [0.5, 0.6) is 0 Å². The first kappa shape index (κ1) is 13.7. The lowest BCUT2D eigenvalue weighted by molar-refractivity contribution is 0.463. The quantitative estimate of drug-likeness (QED) is 0.927. The van der Waals surface area contributed by atoms with Crippen LogP contribution in [-0.4, -0.2) is 9.78 Å². The Morgan fingerprint density at radius 3 is 2.90 bits per heavy atom. The van der Waals surface area contributed by atoms with E-state index in [1.165, 1.54) is 25.7 Å². The van der Waals surface area contributed by atoms with Gasteiger partial charge in [0, 0.05) is 11.9 Å². The van der Waals surface area contributed by atoms with Gasteiger partial charge in [0.05, 0.1) is 29.9 Å². The summed E-state index contributed by atoms with van der Waals surface area (Å²) in [6.07, 6.45) is 7.22. The number of nitriles is 1. The lowest BCUT2D eigenvalue weighted by Crippen LogP contribution is -2.07. The van der Waals surface area contributed by atoms with Gasteiger partial charge in [-0.1, -0.05) is 18.9 Å². The summed E-state index contributed by atoms with van der Waals surface area (Å²) in [7, 11) is 0. The van der Waals surface area contributed by atoms with E-state index in [-0.39, 0.29) is 0 Å². The zero-order chi connectivity index (χ0) is 14.7. The SMILES string of the molecule is Cc1ccc(C#N)cc1NCc1ccn(C2CCCC2)n1. The Hall–Kier alpha value is -2.28. The van der Waals surface area contributed by atoms with E-state index in [1.54, 1.807) is 0 Å². The molecule has 108 valence electrons. The Kier molecular flexibility index (Phi) is 3.92. The molecule has 3 rings (SSSR count). The minimum atomic E-state index is 0.586. The summed E-state index contributed by atoms with van der Waals surface area (Å²) in [5, 5.41) is 17.0. The zero-order valence-electron chi connectivity index (χ0n) is 12.3. The van der Waals surface area contributed by atoms with Crippen LogP contribution in [0.1, 0.15) is 48.5 Å². The fraction of sp³-hybridized carbons (Fsp3) is 0.412. The maximum Gasteiger partial charge on any atom is 0.0992 e. The van der Waals surface area contributed by atoms with E-state index in [0.717, 1.165) is 16.9 Å². The first-order chi connectivity index (χ1) is 10.3. The second-order valence-corrected chi connectivity index (χ2v) is 5.72. The first-order valence-electron chi connectivity index (χ1n) is 7.55. The molecule has 0 saturated heterocycles. The molecule has 0 spiro atoms. The summed E-state index contributed by atoms with van der Waals surface area (Å²) in [5.74, 6) is 0. The van der Waals surface area contributed by atoms with Crippen LogP contribution in [0.2, 0.25) is 0 Å². The van der Waals surface area contributed by atoms with Gasteiger partial charge >= 0.3 is 0 Å². The van der Waals surface area contributed by atoms with Crippen LogP contribution in [-0.2, 0) is 6.54 Å². The monoisotopic (exact) mass is 280 g/mol. The highest BCUT2D eigenvalue weighted by atomic mass is 15.3. The summed E-state index contributed by atoms with van der Waals surface area (Å²) < 4.78 is 2.11. The third-order valence-electron chi connectivity index (χ3n) is 4.19. The predicted molar refractivity (Wildman–Crippen MR) is 83.0 cm³/mol. The van der Waals surface area contributed by atoms with E-state index < -0.39 is 0 Å². The van der Waals surface area contributed by atoms with Gasteiger partial charge in [-0.15, -0.1) is 0 Å². The molecule has 1 aromatic carbocycles. The van der Waals surface area contributed by atoms with Gasteiger partial charge in [-0.05, 0) is 43.5 Å². The van der Waals surface area contributed by atoms with Gasteiger partial charge in [-0.25, -0.2) is 0 Å². The Balaban J connectivity index is 1.66. The Labute approximate surface area is 125 Å². The third kappa shape index (κ3) is 3.08. The van der Waals surface area contributed by atoms with Gasteiger partial charge < -0.3 is 5.32 Å².